The number of fused-ring (bicyclic) bond motifs is 2. The van der Waals surface area contributed by atoms with Gasteiger partial charge >= 0.3 is 0 Å². The lowest BCUT2D eigenvalue weighted by Gasteiger charge is -2.25. The van der Waals surface area contributed by atoms with Gasteiger partial charge in [-0.1, -0.05) is 24.0 Å². The van der Waals surface area contributed by atoms with Gasteiger partial charge in [-0.2, -0.15) is 0 Å². The molecule has 0 spiro atoms. The van der Waals surface area contributed by atoms with Crippen LogP contribution in [0.5, 0.6) is 5.75 Å². The zero-order chi connectivity index (χ0) is 22.1. The van der Waals surface area contributed by atoms with E-state index >= 15 is 0 Å². The number of hydrogen-bond donors (Lipinski definition) is 1. The van der Waals surface area contributed by atoms with Crippen molar-refractivity contribution in [3.05, 3.63) is 65.4 Å². The van der Waals surface area contributed by atoms with Crippen LogP contribution in [0.2, 0.25) is 0 Å². The SMILES string of the molecule is CN(C)CC#Cc1ccc2c(c1)CC(C1=Nc3cc(-c4ccnc(N)n4)ccc3C1)CO2. The quantitative estimate of drug-likeness (QED) is 0.653. The smallest absolute Gasteiger partial charge is 0.220 e. The normalized spacial score (nSPS) is 16.5. The van der Waals surface area contributed by atoms with Crippen LogP contribution in [0.3, 0.4) is 0 Å². The maximum absolute atomic E-state index is 6.08. The van der Waals surface area contributed by atoms with Crippen LogP contribution < -0.4 is 10.5 Å². The molecule has 1 atom stereocenters. The van der Waals surface area contributed by atoms with Gasteiger partial charge in [0.25, 0.3) is 0 Å². The highest BCUT2D eigenvalue weighted by Crippen LogP contribution is 2.36. The summed E-state index contributed by atoms with van der Waals surface area (Å²) in [5.41, 5.74) is 13.2. The van der Waals surface area contributed by atoms with Crippen LogP contribution in [0.4, 0.5) is 11.6 Å². The molecular formula is C26H25N5O. The van der Waals surface area contributed by atoms with Gasteiger partial charge in [0.15, 0.2) is 0 Å². The average Bonchev–Trinajstić information content (AvgIpc) is 3.22. The van der Waals surface area contributed by atoms with Crippen molar-refractivity contribution in [3.8, 4) is 28.8 Å². The fourth-order valence-electron chi connectivity index (χ4n) is 4.12. The number of anilines is 1. The summed E-state index contributed by atoms with van der Waals surface area (Å²) in [6, 6.07) is 14.4. The number of hydrogen-bond acceptors (Lipinski definition) is 6. The molecule has 0 radical (unpaired) electrons. The summed E-state index contributed by atoms with van der Waals surface area (Å²) < 4.78 is 6.08. The van der Waals surface area contributed by atoms with Crippen molar-refractivity contribution in [2.45, 2.75) is 12.8 Å². The Hall–Kier alpha value is -3.69. The number of aromatic nitrogens is 2. The molecule has 32 heavy (non-hydrogen) atoms. The van der Waals surface area contributed by atoms with Gasteiger partial charge in [0.05, 0.1) is 24.5 Å². The fraction of sp³-hybridized carbons (Fsp3) is 0.269. The molecule has 1 aromatic heterocycles. The topological polar surface area (TPSA) is 76.6 Å². The molecule has 160 valence electrons. The molecule has 0 bridgehead atoms. The van der Waals surface area contributed by atoms with E-state index < -0.39 is 0 Å². The standard InChI is InChI=1S/C26H25N5O/c1-31(2)11-3-4-17-5-8-25-20(12-17)13-21(16-32-25)24-15-19-7-6-18(14-23(19)29-24)22-9-10-28-26(27)30-22/h5-10,12,14,21H,11,13,15-16H2,1-2H3,(H2,27,28,30). The Balaban J connectivity index is 1.35. The molecule has 5 rings (SSSR count). The average molecular weight is 424 g/mol. The van der Waals surface area contributed by atoms with Crippen molar-refractivity contribution in [2.75, 3.05) is 33.0 Å². The molecule has 2 N–H and O–H groups in total. The summed E-state index contributed by atoms with van der Waals surface area (Å²) in [5.74, 6) is 7.95. The zero-order valence-electron chi connectivity index (χ0n) is 18.3. The van der Waals surface area contributed by atoms with Crippen molar-refractivity contribution in [3.63, 3.8) is 0 Å². The Bertz CT molecular complexity index is 1270. The fourth-order valence-corrected chi connectivity index (χ4v) is 4.12. The minimum atomic E-state index is 0.262. The van der Waals surface area contributed by atoms with Gasteiger partial charge in [-0.25, -0.2) is 9.97 Å². The van der Waals surface area contributed by atoms with Gasteiger partial charge in [0.2, 0.25) is 5.95 Å². The van der Waals surface area contributed by atoms with Crippen LogP contribution >= 0.6 is 0 Å². The predicted molar refractivity (Wildman–Crippen MR) is 127 cm³/mol. The number of rotatable bonds is 3. The van der Waals surface area contributed by atoms with Crippen molar-refractivity contribution in [1.82, 2.24) is 14.9 Å². The molecule has 1 unspecified atom stereocenters. The van der Waals surface area contributed by atoms with Gasteiger partial charge < -0.3 is 10.5 Å². The highest BCUT2D eigenvalue weighted by molar-refractivity contribution is 5.96. The van der Waals surface area contributed by atoms with Crippen molar-refractivity contribution >= 4 is 17.3 Å². The molecule has 3 aromatic rings. The molecule has 0 amide bonds. The van der Waals surface area contributed by atoms with Gasteiger partial charge in [-0.3, -0.25) is 9.89 Å². The first-order chi connectivity index (χ1) is 15.5. The van der Waals surface area contributed by atoms with Crippen molar-refractivity contribution in [1.29, 1.82) is 0 Å². The molecule has 2 aromatic carbocycles. The Morgan fingerprint density at radius 1 is 1.12 bits per heavy atom. The Morgan fingerprint density at radius 2 is 2.03 bits per heavy atom. The molecule has 0 fully saturated rings. The molecule has 3 heterocycles. The second-order valence-corrected chi connectivity index (χ2v) is 8.50. The predicted octanol–water partition coefficient (Wildman–Crippen LogP) is 3.52. The summed E-state index contributed by atoms with van der Waals surface area (Å²) >= 11 is 0. The number of nitrogens with zero attached hydrogens (tertiary/aromatic N) is 4. The minimum absolute atomic E-state index is 0.262. The van der Waals surface area contributed by atoms with Crippen LogP contribution in [0, 0.1) is 17.8 Å². The lowest BCUT2D eigenvalue weighted by Crippen LogP contribution is -2.28. The second-order valence-electron chi connectivity index (χ2n) is 8.50. The molecular weight excluding hydrogens is 398 g/mol. The third-order valence-electron chi connectivity index (χ3n) is 5.76. The van der Waals surface area contributed by atoms with E-state index in [4.69, 9.17) is 15.5 Å². The third-order valence-corrected chi connectivity index (χ3v) is 5.76. The number of aliphatic imine (C=N–C) groups is 1. The summed E-state index contributed by atoms with van der Waals surface area (Å²) in [4.78, 5) is 15.3. The highest BCUT2D eigenvalue weighted by Gasteiger charge is 2.28. The number of ether oxygens (including phenoxy) is 1. The first-order valence-corrected chi connectivity index (χ1v) is 10.7. The van der Waals surface area contributed by atoms with E-state index in [1.54, 1.807) is 6.20 Å². The molecule has 0 saturated heterocycles. The van der Waals surface area contributed by atoms with Crippen LogP contribution in [0.15, 0.2) is 53.7 Å². The summed E-state index contributed by atoms with van der Waals surface area (Å²) in [6.07, 6.45) is 3.45. The van der Waals surface area contributed by atoms with Gasteiger partial charge in [-0.15, -0.1) is 0 Å². The lowest BCUT2D eigenvalue weighted by atomic mass is 9.90. The van der Waals surface area contributed by atoms with E-state index in [-0.39, 0.29) is 11.9 Å². The van der Waals surface area contributed by atoms with E-state index in [1.165, 1.54) is 16.8 Å². The largest absolute Gasteiger partial charge is 0.493 e. The van der Waals surface area contributed by atoms with Crippen LogP contribution in [-0.2, 0) is 12.8 Å². The van der Waals surface area contributed by atoms with E-state index in [2.05, 4.69) is 51.0 Å². The van der Waals surface area contributed by atoms with Crippen LogP contribution in [-0.4, -0.2) is 47.8 Å². The molecule has 0 aliphatic carbocycles. The summed E-state index contributed by atoms with van der Waals surface area (Å²) in [7, 11) is 4.04. The molecule has 6 heteroatoms. The first kappa shape index (κ1) is 20.2. The maximum Gasteiger partial charge on any atom is 0.220 e. The molecule has 2 aliphatic heterocycles. The molecule has 0 saturated carbocycles. The van der Waals surface area contributed by atoms with E-state index in [0.717, 1.165) is 47.6 Å². The summed E-state index contributed by atoms with van der Waals surface area (Å²) in [5, 5.41) is 0. The second kappa shape index (κ2) is 8.45. The number of nitrogen functional groups attached to an aromatic ring is 1. The van der Waals surface area contributed by atoms with E-state index in [1.807, 2.05) is 32.3 Å². The molecule has 6 nitrogen and oxygen atoms in total. The van der Waals surface area contributed by atoms with Crippen LogP contribution in [0.1, 0.15) is 16.7 Å². The van der Waals surface area contributed by atoms with Crippen LogP contribution in [0.25, 0.3) is 11.3 Å². The first-order valence-electron chi connectivity index (χ1n) is 10.7. The van der Waals surface area contributed by atoms with Crippen molar-refractivity contribution < 1.29 is 4.74 Å². The molecule has 2 aliphatic rings. The van der Waals surface area contributed by atoms with Gasteiger partial charge in [0.1, 0.15) is 5.75 Å². The Morgan fingerprint density at radius 3 is 2.88 bits per heavy atom. The van der Waals surface area contributed by atoms with Crippen molar-refractivity contribution in [2.24, 2.45) is 10.9 Å². The minimum Gasteiger partial charge on any atom is -0.493 e. The van der Waals surface area contributed by atoms with Gasteiger partial charge in [0, 0.05) is 35.4 Å². The van der Waals surface area contributed by atoms with E-state index in [0.29, 0.717) is 6.61 Å². The Labute approximate surface area is 188 Å². The van der Waals surface area contributed by atoms with Gasteiger partial charge in [-0.05, 0) is 62.0 Å². The number of nitrogens with two attached hydrogens (primary N) is 1. The Kier molecular flexibility index (Phi) is 5.34. The zero-order valence-corrected chi connectivity index (χ0v) is 18.3. The lowest BCUT2D eigenvalue weighted by molar-refractivity contribution is 0.258. The monoisotopic (exact) mass is 423 g/mol. The highest BCUT2D eigenvalue weighted by atomic mass is 16.5. The third kappa shape index (κ3) is 4.20. The van der Waals surface area contributed by atoms with E-state index in [9.17, 15) is 0 Å². The summed E-state index contributed by atoms with van der Waals surface area (Å²) in [6.45, 7) is 1.40. The maximum atomic E-state index is 6.08. The number of benzene rings is 2.